The van der Waals surface area contributed by atoms with Crippen molar-refractivity contribution in [3.63, 3.8) is 0 Å². The van der Waals surface area contributed by atoms with Gasteiger partial charge in [0, 0.05) is 22.0 Å². The topological polar surface area (TPSA) is 24.9 Å². The van der Waals surface area contributed by atoms with Crippen molar-refractivity contribution in [2.75, 3.05) is 5.32 Å². The van der Waals surface area contributed by atoms with Crippen LogP contribution in [0, 0.1) is 13.8 Å². The molecule has 0 saturated heterocycles. The minimum atomic E-state index is 0.622. The number of nitrogens with one attached hydrogen (secondary N) is 1. The largest absolute Gasteiger partial charge is 0.357 e. The summed E-state index contributed by atoms with van der Waals surface area (Å²) < 4.78 is 0. The Morgan fingerprint density at radius 3 is 2.61 bits per heavy atom. The smallest absolute Gasteiger partial charge is 0.183 e. The predicted molar refractivity (Wildman–Crippen MR) is 101 cm³/mol. The van der Waals surface area contributed by atoms with Gasteiger partial charge in [0.05, 0.1) is 10.7 Å². The maximum absolute atomic E-state index is 6.30. The zero-order valence-corrected chi connectivity index (χ0v) is 15.2. The molecular weight excluding hydrogens is 347 g/mol. The van der Waals surface area contributed by atoms with Gasteiger partial charge in [0.2, 0.25) is 0 Å². The fourth-order valence-corrected chi connectivity index (χ4v) is 3.70. The second-order valence-corrected chi connectivity index (χ2v) is 7.37. The van der Waals surface area contributed by atoms with Crippen LogP contribution in [0.25, 0.3) is 11.3 Å². The average molecular weight is 363 g/mol. The van der Waals surface area contributed by atoms with Gasteiger partial charge in [0.15, 0.2) is 5.13 Å². The average Bonchev–Trinajstić information content (AvgIpc) is 2.87. The first kappa shape index (κ1) is 16.3. The first-order chi connectivity index (χ1) is 11.0. The highest BCUT2D eigenvalue weighted by atomic mass is 35.5. The second kappa shape index (κ2) is 6.91. The van der Waals surface area contributed by atoms with Gasteiger partial charge in [-0.15, -0.1) is 11.3 Å². The zero-order chi connectivity index (χ0) is 16.4. The Balaban J connectivity index is 1.82. The third kappa shape index (κ3) is 3.69. The van der Waals surface area contributed by atoms with Crippen LogP contribution in [0.15, 0.2) is 42.5 Å². The molecule has 0 aliphatic heterocycles. The van der Waals surface area contributed by atoms with Crippen molar-refractivity contribution in [2.24, 2.45) is 0 Å². The van der Waals surface area contributed by atoms with Crippen LogP contribution in [0.4, 0.5) is 5.13 Å². The van der Waals surface area contributed by atoms with E-state index in [2.05, 4.69) is 37.4 Å². The maximum atomic E-state index is 6.30. The van der Waals surface area contributed by atoms with Gasteiger partial charge in [-0.25, -0.2) is 4.98 Å². The highest BCUT2D eigenvalue weighted by Gasteiger charge is 2.13. The number of hydrogen-bond donors (Lipinski definition) is 1. The first-order valence-corrected chi connectivity index (χ1v) is 8.83. The first-order valence-electron chi connectivity index (χ1n) is 7.26. The minimum absolute atomic E-state index is 0.622. The van der Waals surface area contributed by atoms with Crippen LogP contribution in [-0.2, 0) is 6.54 Å². The van der Waals surface area contributed by atoms with Gasteiger partial charge in [-0.2, -0.15) is 0 Å². The molecule has 0 saturated carbocycles. The minimum Gasteiger partial charge on any atom is -0.357 e. The number of anilines is 1. The van der Waals surface area contributed by atoms with E-state index in [0.29, 0.717) is 10.0 Å². The summed E-state index contributed by atoms with van der Waals surface area (Å²) in [6, 6.07) is 13.8. The van der Waals surface area contributed by atoms with Gasteiger partial charge >= 0.3 is 0 Å². The van der Waals surface area contributed by atoms with E-state index in [4.69, 9.17) is 28.2 Å². The van der Waals surface area contributed by atoms with E-state index in [9.17, 15) is 0 Å². The van der Waals surface area contributed by atoms with Crippen LogP contribution < -0.4 is 5.32 Å². The van der Waals surface area contributed by atoms with Crippen molar-refractivity contribution < 1.29 is 0 Å². The molecular formula is C18H16Cl2N2S. The summed E-state index contributed by atoms with van der Waals surface area (Å²) in [4.78, 5) is 5.82. The number of halogens is 2. The lowest BCUT2D eigenvalue weighted by Gasteiger charge is -2.06. The lowest BCUT2D eigenvalue weighted by atomic mass is 10.1. The molecule has 23 heavy (non-hydrogen) atoms. The summed E-state index contributed by atoms with van der Waals surface area (Å²) in [5.41, 5.74) is 4.36. The van der Waals surface area contributed by atoms with Crippen molar-refractivity contribution in [3.05, 3.63) is 68.5 Å². The van der Waals surface area contributed by atoms with Crippen LogP contribution in [-0.4, -0.2) is 4.98 Å². The molecule has 0 aliphatic carbocycles. The number of aryl methyl sites for hydroxylation is 2. The van der Waals surface area contributed by atoms with Gasteiger partial charge in [-0.05, 0) is 43.2 Å². The quantitative estimate of drug-likeness (QED) is 0.584. The molecule has 1 aromatic heterocycles. The number of nitrogens with zero attached hydrogens (tertiary/aromatic N) is 1. The fraction of sp³-hybridized carbons (Fsp3) is 0.167. The Labute approximate surface area is 150 Å². The molecule has 2 nitrogen and oxygen atoms in total. The summed E-state index contributed by atoms with van der Waals surface area (Å²) in [6.07, 6.45) is 0. The van der Waals surface area contributed by atoms with E-state index in [0.717, 1.165) is 27.8 Å². The van der Waals surface area contributed by atoms with Crippen LogP contribution in [0.2, 0.25) is 10.0 Å². The van der Waals surface area contributed by atoms with E-state index < -0.39 is 0 Å². The van der Waals surface area contributed by atoms with Gasteiger partial charge in [0.25, 0.3) is 0 Å². The third-order valence-corrected chi connectivity index (χ3v) is 5.15. The molecule has 1 N–H and O–H groups in total. The summed E-state index contributed by atoms with van der Waals surface area (Å²) in [6.45, 7) is 4.92. The molecule has 1 heterocycles. The van der Waals surface area contributed by atoms with E-state index in [-0.39, 0.29) is 0 Å². The molecule has 0 aliphatic rings. The van der Waals surface area contributed by atoms with Crippen molar-refractivity contribution >= 4 is 39.7 Å². The van der Waals surface area contributed by atoms with Crippen molar-refractivity contribution in [1.29, 1.82) is 0 Å². The molecule has 2 aromatic carbocycles. The van der Waals surface area contributed by atoms with Crippen LogP contribution >= 0.6 is 34.5 Å². The molecule has 0 fully saturated rings. The van der Waals surface area contributed by atoms with Gasteiger partial charge in [-0.1, -0.05) is 47.5 Å². The SMILES string of the molecule is Cc1ccccc1CNc1nc(-c2ccc(Cl)cc2Cl)c(C)s1. The number of rotatable bonds is 4. The number of benzene rings is 2. The highest BCUT2D eigenvalue weighted by Crippen LogP contribution is 2.35. The van der Waals surface area contributed by atoms with Crippen LogP contribution in [0.5, 0.6) is 0 Å². The Morgan fingerprint density at radius 2 is 1.87 bits per heavy atom. The van der Waals surface area contributed by atoms with Crippen LogP contribution in [0.1, 0.15) is 16.0 Å². The molecule has 0 spiro atoms. The van der Waals surface area contributed by atoms with Crippen LogP contribution in [0.3, 0.4) is 0 Å². The molecule has 0 radical (unpaired) electrons. The standard InChI is InChI=1S/C18H16Cl2N2S/c1-11-5-3-4-6-13(11)10-21-18-22-17(12(2)23-18)15-8-7-14(19)9-16(15)20/h3-9H,10H2,1-2H3,(H,21,22). The number of thiazole rings is 1. The summed E-state index contributed by atoms with van der Waals surface area (Å²) in [5.74, 6) is 0. The number of aromatic nitrogens is 1. The summed E-state index contributed by atoms with van der Waals surface area (Å²) >= 11 is 13.9. The monoisotopic (exact) mass is 362 g/mol. The summed E-state index contributed by atoms with van der Waals surface area (Å²) in [5, 5.41) is 5.55. The van der Waals surface area contributed by atoms with E-state index in [1.54, 1.807) is 17.4 Å². The molecule has 3 aromatic rings. The van der Waals surface area contributed by atoms with Gasteiger partial charge in [-0.3, -0.25) is 0 Å². The zero-order valence-electron chi connectivity index (χ0n) is 12.9. The Kier molecular flexibility index (Phi) is 4.90. The van der Waals surface area contributed by atoms with E-state index in [1.807, 2.05) is 18.2 Å². The lowest BCUT2D eigenvalue weighted by Crippen LogP contribution is -2.00. The second-order valence-electron chi connectivity index (χ2n) is 5.33. The molecule has 0 atom stereocenters. The van der Waals surface area contributed by atoms with Gasteiger partial charge in [0.1, 0.15) is 0 Å². The van der Waals surface area contributed by atoms with Crippen molar-refractivity contribution in [3.8, 4) is 11.3 Å². The van der Waals surface area contributed by atoms with Crippen molar-refractivity contribution in [1.82, 2.24) is 4.98 Å². The normalized spacial score (nSPS) is 10.8. The molecule has 0 amide bonds. The Morgan fingerprint density at radius 1 is 1.09 bits per heavy atom. The summed E-state index contributed by atoms with van der Waals surface area (Å²) in [7, 11) is 0. The lowest BCUT2D eigenvalue weighted by molar-refractivity contribution is 1.11. The third-order valence-electron chi connectivity index (χ3n) is 3.67. The molecule has 0 unspecified atom stereocenters. The predicted octanol–water partition coefficient (Wildman–Crippen LogP) is 6.35. The van der Waals surface area contributed by atoms with E-state index in [1.165, 1.54) is 11.1 Å². The number of hydrogen-bond acceptors (Lipinski definition) is 3. The highest BCUT2D eigenvalue weighted by molar-refractivity contribution is 7.16. The molecule has 118 valence electrons. The molecule has 3 rings (SSSR count). The fourth-order valence-electron chi connectivity index (χ4n) is 2.38. The van der Waals surface area contributed by atoms with Gasteiger partial charge < -0.3 is 5.32 Å². The van der Waals surface area contributed by atoms with E-state index >= 15 is 0 Å². The Bertz CT molecular complexity index is 843. The van der Waals surface area contributed by atoms with Crippen molar-refractivity contribution in [2.45, 2.75) is 20.4 Å². The molecule has 0 bridgehead atoms. The maximum Gasteiger partial charge on any atom is 0.183 e. The molecule has 5 heteroatoms. The Hall–Kier alpha value is -1.55.